The van der Waals surface area contributed by atoms with Crippen LogP contribution in [0.25, 0.3) is 0 Å². The van der Waals surface area contributed by atoms with E-state index in [4.69, 9.17) is 9.47 Å². The molecule has 0 fully saturated rings. The molecule has 0 heterocycles. The van der Waals surface area contributed by atoms with E-state index in [0.29, 0.717) is 5.75 Å². The summed E-state index contributed by atoms with van der Waals surface area (Å²) in [6.45, 7) is 0.0961. The summed E-state index contributed by atoms with van der Waals surface area (Å²) in [7, 11) is 2.99. The minimum Gasteiger partial charge on any atom is -0.497 e. The Morgan fingerprint density at radius 1 is 1.04 bits per heavy atom. The van der Waals surface area contributed by atoms with E-state index in [1.807, 2.05) is 30.3 Å². The molecule has 0 bridgehead atoms. The van der Waals surface area contributed by atoms with Gasteiger partial charge in [0.25, 0.3) is 0 Å². The van der Waals surface area contributed by atoms with Gasteiger partial charge in [-0.25, -0.2) is 9.59 Å². The first kappa shape index (κ1) is 18.3. The van der Waals surface area contributed by atoms with Gasteiger partial charge in [0.2, 0.25) is 0 Å². The average Bonchev–Trinajstić information content (AvgIpc) is 2.64. The highest BCUT2D eigenvalue weighted by molar-refractivity contribution is 5.80. The number of carbonyl (C=O) groups excluding carboxylic acids is 1. The zero-order valence-corrected chi connectivity index (χ0v) is 14.2. The Bertz CT molecular complexity index is 700. The van der Waals surface area contributed by atoms with Gasteiger partial charge in [-0.3, -0.25) is 4.90 Å². The highest BCUT2D eigenvalue weighted by atomic mass is 16.6. The highest BCUT2D eigenvalue weighted by Crippen LogP contribution is 2.15. The fourth-order valence-electron chi connectivity index (χ4n) is 2.32. The fraction of sp³-hybridized carbons (Fsp3) is 0.263. The van der Waals surface area contributed by atoms with Crippen molar-refractivity contribution in [2.24, 2.45) is 0 Å². The monoisotopic (exact) mass is 343 g/mol. The van der Waals surface area contributed by atoms with Gasteiger partial charge in [-0.1, -0.05) is 42.5 Å². The van der Waals surface area contributed by atoms with Gasteiger partial charge >= 0.3 is 12.1 Å². The Morgan fingerprint density at radius 3 is 2.24 bits per heavy atom. The molecule has 0 radical (unpaired) electrons. The maximum absolute atomic E-state index is 12.2. The summed E-state index contributed by atoms with van der Waals surface area (Å²) < 4.78 is 10.3. The van der Waals surface area contributed by atoms with Crippen molar-refractivity contribution < 1.29 is 24.2 Å². The van der Waals surface area contributed by atoms with E-state index in [1.165, 1.54) is 7.05 Å². The van der Waals surface area contributed by atoms with Crippen LogP contribution >= 0.6 is 0 Å². The van der Waals surface area contributed by atoms with E-state index in [9.17, 15) is 14.7 Å². The average molecular weight is 343 g/mol. The number of carboxylic acid groups (broad SMARTS) is 1. The van der Waals surface area contributed by atoms with Crippen molar-refractivity contribution in [3.63, 3.8) is 0 Å². The zero-order valence-electron chi connectivity index (χ0n) is 14.2. The van der Waals surface area contributed by atoms with Crippen molar-refractivity contribution in [1.29, 1.82) is 0 Å². The van der Waals surface area contributed by atoms with Gasteiger partial charge < -0.3 is 14.6 Å². The number of hydrogen-bond acceptors (Lipinski definition) is 4. The summed E-state index contributed by atoms with van der Waals surface area (Å²) in [6, 6.07) is 15.3. The number of carboxylic acids is 1. The van der Waals surface area contributed by atoms with Crippen molar-refractivity contribution in [3.05, 3.63) is 65.7 Å². The number of hydrogen-bond donors (Lipinski definition) is 1. The number of likely N-dealkylation sites (N-methyl/N-ethyl adjacent to an activating group) is 1. The number of nitrogens with zero attached hydrogens (tertiary/aromatic N) is 1. The van der Waals surface area contributed by atoms with E-state index in [-0.39, 0.29) is 13.0 Å². The van der Waals surface area contributed by atoms with E-state index in [1.54, 1.807) is 31.4 Å². The smallest absolute Gasteiger partial charge is 0.410 e. The van der Waals surface area contributed by atoms with Crippen molar-refractivity contribution in [2.45, 2.75) is 19.1 Å². The predicted octanol–water partition coefficient (Wildman–Crippen LogP) is 2.96. The van der Waals surface area contributed by atoms with Crippen molar-refractivity contribution >= 4 is 12.1 Å². The predicted molar refractivity (Wildman–Crippen MR) is 92.5 cm³/mol. The second kappa shape index (κ2) is 8.73. The molecule has 0 saturated carbocycles. The molecule has 132 valence electrons. The minimum absolute atomic E-state index is 0.0961. The first-order valence-electron chi connectivity index (χ1n) is 7.80. The van der Waals surface area contributed by atoms with Crippen LogP contribution in [0.15, 0.2) is 54.6 Å². The lowest BCUT2D eigenvalue weighted by Gasteiger charge is -2.24. The summed E-state index contributed by atoms with van der Waals surface area (Å²) in [4.78, 5) is 24.9. The molecule has 2 rings (SSSR count). The molecule has 0 saturated heterocycles. The largest absolute Gasteiger partial charge is 0.497 e. The minimum atomic E-state index is -1.09. The molecule has 0 aromatic heterocycles. The van der Waals surface area contributed by atoms with Gasteiger partial charge in [0.05, 0.1) is 7.11 Å². The van der Waals surface area contributed by atoms with Gasteiger partial charge in [0, 0.05) is 13.5 Å². The first-order chi connectivity index (χ1) is 12.0. The molecular formula is C19H21NO5. The van der Waals surface area contributed by atoms with Crippen molar-refractivity contribution in [3.8, 4) is 5.75 Å². The van der Waals surface area contributed by atoms with Crippen LogP contribution in [0, 0.1) is 0 Å². The summed E-state index contributed by atoms with van der Waals surface area (Å²) in [5, 5.41) is 9.47. The third-order valence-corrected chi connectivity index (χ3v) is 3.83. The van der Waals surface area contributed by atoms with E-state index in [0.717, 1.165) is 16.0 Å². The van der Waals surface area contributed by atoms with Crippen LogP contribution in [-0.4, -0.2) is 42.3 Å². The van der Waals surface area contributed by atoms with Crippen LogP contribution < -0.4 is 4.74 Å². The molecule has 1 atom stereocenters. The second-order valence-electron chi connectivity index (χ2n) is 5.56. The SMILES string of the molecule is COc1ccc(CC(C(=O)O)N(C)C(=O)OCc2ccccc2)cc1. The van der Waals surface area contributed by atoms with Crippen LogP contribution in [0.4, 0.5) is 4.79 Å². The fourth-order valence-corrected chi connectivity index (χ4v) is 2.32. The highest BCUT2D eigenvalue weighted by Gasteiger charge is 2.28. The molecule has 2 aromatic rings. The third kappa shape index (κ3) is 5.24. The van der Waals surface area contributed by atoms with Gasteiger partial charge in [0.15, 0.2) is 0 Å². The summed E-state index contributed by atoms with van der Waals surface area (Å²) >= 11 is 0. The molecule has 0 aliphatic rings. The lowest BCUT2D eigenvalue weighted by Crippen LogP contribution is -2.44. The number of rotatable bonds is 7. The molecular weight excluding hydrogens is 322 g/mol. The number of amides is 1. The molecule has 25 heavy (non-hydrogen) atoms. The van der Waals surface area contributed by atoms with Crippen LogP contribution in [-0.2, 0) is 22.6 Å². The van der Waals surface area contributed by atoms with Crippen molar-refractivity contribution in [1.82, 2.24) is 4.90 Å². The Kier molecular flexibility index (Phi) is 6.39. The number of aliphatic carboxylic acids is 1. The Labute approximate surface area is 146 Å². The van der Waals surface area contributed by atoms with Gasteiger partial charge in [-0.15, -0.1) is 0 Å². The van der Waals surface area contributed by atoms with E-state index < -0.39 is 18.1 Å². The van der Waals surface area contributed by atoms with Gasteiger partial charge in [-0.05, 0) is 23.3 Å². The molecule has 6 nitrogen and oxygen atoms in total. The van der Waals surface area contributed by atoms with Gasteiger partial charge in [-0.2, -0.15) is 0 Å². The standard InChI is InChI=1S/C19H21NO5/c1-20(19(23)25-13-15-6-4-3-5-7-15)17(18(21)22)12-14-8-10-16(24-2)11-9-14/h3-11,17H,12-13H2,1-2H3,(H,21,22). The van der Waals surface area contributed by atoms with Crippen LogP contribution in [0.2, 0.25) is 0 Å². The first-order valence-corrected chi connectivity index (χ1v) is 7.80. The molecule has 0 aliphatic carbocycles. The Hall–Kier alpha value is -3.02. The maximum Gasteiger partial charge on any atom is 0.410 e. The Balaban J connectivity index is 1.99. The molecule has 6 heteroatoms. The quantitative estimate of drug-likeness (QED) is 0.836. The molecule has 0 spiro atoms. The summed E-state index contributed by atoms with van der Waals surface area (Å²) in [5.41, 5.74) is 1.63. The summed E-state index contributed by atoms with van der Waals surface area (Å²) in [5.74, 6) is -0.402. The zero-order chi connectivity index (χ0) is 18.2. The molecule has 1 amide bonds. The summed E-state index contributed by atoms with van der Waals surface area (Å²) in [6.07, 6.45) is -0.499. The lowest BCUT2D eigenvalue weighted by atomic mass is 10.1. The third-order valence-electron chi connectivity index (χ3n) is 3.83. The van der Waals surface area contributed by atoms with Crippen LogP contribution in [0.3, 0.4) is 0 Å². The molecule has 1 N–H and O–H groups in total. The number of methoxy groups -OCH3 is 1. The van der Waals surface area contributed by atoms with E-state index >= 15 is 0 Å². The normalized spacial score (nSPS) is 11.4. The number of carbonyl (C=O) groups is 2. The maximum atomic E-state index is 12.2. The topological polar surface area (TPSA) is 76.1 Å². The Morgan fingerprint density at radius 2 is 1.68 bits per heavy atom. The lowest BCUT2D eigenvalue weighted by molar-refractivity contribution is -0.142. The van der Waals surface area contributed by atoms with Crippen LogP contribution in [0.1, 0.15) is 11.1 Å². The number of benzene rings is 2. The van der Waals surface area contributed by atoms with Crippen LogP contribution in [0.5, 0.6) is 5.75 Å². The molecule has 1 unspecified atom stereocenters. The van der Waals surface area contributed by atoms with E-state index in [2.05, 4.69) is 0 Å². The number of ether oxygens (including phenoxy) is 2. The molecule has 2 aromatic carbocycles. The van der Waals surface area contributed by atoms with Crippen molar-refractivity contribution in [2.75, 3.05) is 14.2 Å². The second-order valence-corrected chi connectivity index (χ2v) is 5.56. The van der Waals surface area contributed by atoms with Gasteiger partial charge in [0.1, 0.15) is 18.4 Å². The molecule has 0 aliphatic heterocycles.